The van der Waals surface area contributed by atoms with E-state index in [1.165, 1.54) is 0 Å². The third-order valence-corrected chi connectivity index (χ3v) is 1.92. The molecule has 0 aliphatic carbocycles. The Labute approximate surface area is 74.0 Å². The van der Waals surface area contributed by atoms with Crippen LogP contribution >= 0.6 is 0 Å². The fraction of sp³-hybridized carbons (Fsp3) is 0.125. The van der Waals surface area contributed by atoms with Crippen molar-refractivity contribution in [3.05, 3.63) is 34.5 Å². The smallest absolute Gasteiger partial charge is 0.150 e. The van der Waals surface area contributed by atoms with Crippen LogP contribution in [0.25, 0.3) is 21.3 Å². The largest absolute Gasteiger partial charge is 0.360 e. The first kappa shape index (κ1) is 7.64. The molecule has 0 saturated heterocycles. The monoisotopic (exact) mass is 173 g/mol. The van der Waals surface area contributed by atoms with Gasteiger partial charge in [0.1, 0.15) is 0 Å². The number of aromatic amines is 1. The summed E-state index contributed by atoms with van der Waals surface area (Å²) >= 11 is 0. The van der Waals surface area contributed by atoms with Crippen LogP contribution < -0.4 is 0 Å². The van der Waals surface area contributed by atoms with E-state index < -0.39 is 0 Å². The summed E-state index contributed by atoms with van der Waals surface area (Å²) in [4.78, 5) is 9.71. The topological polar surface area (TPSA) is 77.4 Å². The second-order valence-corrected chi connectivity index (χ2v) is 2.72. The Morgan fingerprint density at radius 2 is 2.46 bits per heavy atom. The Morgan fingerprint density at radius 3 is 3.23 bits per heavy atom. The maximum absolute atomic E-state index is 8.29. The predicted molar refractivity (Wildman–Crippen MR) is 49.6 cm³/mol. The highest BCUT2D eigenvalue weighted by Crippen LogP contribution is 2.24. The number of rotatable bonds is 1. The molecular weight excluding hydrogens is 166 g/mol. The number of fused-ring (bicyclic) bond motifs is 1. The van der Waals surface area contributed by atoms with Gasteiger partial charge in [-0.1, -0.05) is 0 Å². The summed E-state index contributed by atoms with van der Waals surface area (Å²) < 4.78 is 0. The molecule has 0 atom stereocenters. The van der Waals surface area contributed by atoms with Crippen molar-refractivity contribution < 1.29 is 0 Å². The quantitative estimate of drug-likeness (QED) is 0.401. The van der Waals surface area contributed by atoms with Crippen LogP contribution in [0.3, 0.4) is 0 Å². The molecular formula is C8H7N5. The highest BCUT2D eigenvalue weighted by atomic mass is 15.2. The fourth-order valence-corrected chi connectivity index (χ4v) is 1.29. The van der Waals surface area contributed by atoms with Crippen molar-refractivity contribution in [1.29, 1.82) is 0 Å². The average Bonchev–Trinajstić information content (AvgIpc) is 2.59. The Hall–Kier alpha value is -2.00. The molecule has 0 aromatic carbocycles. The molecule has 0 fully saturated rings. The summed E-state index contributed by atoms with van der Waals surface area (Å²) in [7, 11) is 0. The van der Waals surface area contributed by atoms with E-state index in [0.717, 1.165) is 16.5 Å². The van der Waals surface area contributed by atoms with E-state index in [-0.39, 0.29) is 0 Å². The first-order valence-corrected chi connectivity index (χ1v) is 3.80. The summed E-state index contributed by atoms with van der Waals surface area (Å²) in [6, 6.07) is 1.93. The molecule has 0 saturated carbocycles. The number of azide groups is 1. The van der Waals surface area contributed by atoms with Gasteiger partial charge in [0.25, 0.3) is 0 Å². The molecule has 0 unspecified atom stereocenters. The maximum atomic E-state index is 8.29. The minimum Gasteiger partial charge on any atom is -0.360 e. The van der Waals surface area contributed by atoms with Crippen molar-refractivity contribution in [2.24, 2.45) is 5.11 Å². The second kappa shape index (κ2) is 2.80. The van der Waals surface area contributed by atoms with Crippen molar-refractivity contribution in [2.45, 2.75) is 6.92 Å². The van der Waals surface area contributed by atoms with Gasteiger partial charge in [-0.25, -0.2) is 0 Å². The third kappa shape index (κ3) is 1.11. The molecule has 64 valence electrons. The number of hydrogen-bond acceptors (Lipinski definition) is 2. The first-order valence-electron chi connectivity index (χ1n) is 3.80. The molecule has 0 aliphatic rings. The number of aromatic nitrogens is 2. The van der Waals surface area contributed by atoms with Crippen molar-refractivity contribution in [3.8, 4) is 0 Å². The summed E-state index contributed by atoms with van der Waals surface area (Å²) in [5, 5.41) is 4.53. The van der Waals surface area contributed by atoms with Gasteiger partial charge in [-0.3, -0.25) is 4.98 Å². The van der Waals surface area contributed by atoms with Crippen LogP contribution in [0.15, 0.2) is 23.6 Å². The summed E-state index contributed by atoms with van der Waals surface area (Å²) in [5.41, 5.74) is 10.1. The Balaban J connectivity index is 2.85. The molecule has 13 heavy (non-hydrogen) atoms. The van der Waals surface area contributed by atoms with Gasteiger partial charge < -0.3 is 4.98 Å². The standard InChI is InChI=1S/C8H7N5/c1-5-4-11-8(12-13-9)7-6(5)2-3-10-7/h2-4,10H,1H3. The zero-order chi connectivity index (χ0) is 9.26. The van der Waals surface area contributed by atoms with Crippen molar-refractivity contribution in [3.63, 3.8) is 0 Å². The lowest BCUT2D eigenvalue weighted by atomic mass is 10.2. The number of nitrogens with zero attached hydrogens (tertiary/aromatic N) is 4. The average molecular weight is 173 g/mol. The predicted octanol–water partition coefficient (Wildman–Crippen LogP) is 2.81. The SMILES string of the molecule is Cc1cnc(N=[N+]=[N-])c2[nH]ccc12. The van der Waals surface area contributed by atoms with Gasteiger partial charge in [-0.05, 0) is 29.2 Å². The van der Waals surface area contributed by atoms with Crippen LogP contribution in [0.4, 0.5) is 5.82 Å². The Kier molecular flexibility index (Phi) is 1.65. The number of pyridine rings is 1. The van der Waals surface area contributed by atoms with E-state index >= 15 is 0 Å². The Morgan fingerprint density at radius 1 is 1.62 bits per heavy atom. The zero-order valence-corrected chi connectivity index (χ0v) is 7.02. The fourth-order valence-electron chi connectivity index (χ4n) is 1.29. The highest BCUT2D eigenvalue weighted by Gasteiger charge is 2.03. The van der Waals surface area contributed by atoms with Crippen molar-refractivity contribution in [1.82, 2.24) is 9.97 Å². The van der Waals surface area contributed by atoms with Crippen molar-refractivity contribution >= 4 is 16.7 Å². The minimum atomic E-state index is 0.396. The van der Waals surface area contributed by atoms with E-state index in [1.54, 1.807) is 12.4 Å². The minimum absolute atomic E-state index is 0.396. The molecule has 0 bridgehead atoms. The molecule has 5 nitrogen and oxygen atoms in total. The first-order chi connectivity index (χ1) is 6.33. The van der Waals surface area contributed by atoms with E-state index in [1.807, 2.05) is 13.0 Å². The normalized spacial score (nSPS) is 9.92. The zero-order valence-electron chi connectivity index (χ0n) is 7.02. The lowest BCUT2D eigenvalue weighted by molar-refractivity contribution is 1.24. The van der Waals surface area contributed by atoms with Crippen LogP contribution in [0.5, 0.6) is 0 Å². The summed E-state index contributed by atoms with van der Waals surface area (Å²) in [5.74, 6) is 0.396. The molecule has 2 rings (SSSR count). The highest BCUT2D eigenvalue weighted by molar-refractivity contribution is 5.89. The number of H-pyrrole nitrogens is 1. The molecule has 1 N–H and O–H groups in total. The lowest BCUT2D eigenvalue weighted by Crippen LogP contribution is -1.79. The van der Waals surface area contributed by atoms with Crippen LogP contribution in [0, 0.1) is 6.92 Å². The molecule has 5 heteroatoms. The van der Waals surface area contributed by atoms with Gasteiger partial charge in [0.05, 0.1) is 5.52 Å². The van der Waals surface area contributed by atoms with Crippen LogP contribution in [0.2, 0.25) is 0 Å². The number of nitrogens with one attached hydrogen (secondary N) is 1. The summed E-state index contributed by atoms with van der Waals surface area (Å²) in [6.45, 7) is 1.96. The van der Waals surface area contributed by atoms with E-state index in [2.05, 4.69) is 20.0 Å². The maximum Gasteiger partial charge on any atom is 0.150 e. The molecule has 2 aromatic rings. The van der Waals surface area contributed by atoms with Gasteiger partial charge in [-0.2, -0.15) is 0 Å². The lowest BCUT2D eigenvalue weighted by Gasteiger charge is -1.97. The van der Waals surface area contributed by atoms with Gasteiger partial charge in [0, 0.05) is 22.7 Å². The van der Waals surface area contributed by atoms with Gasteiger partial charge in [0.15, 0.2) is 5.82 Å². The molecule has 0 aliphatic heterocycles. The molecule has 0 amide bonds. The van der Waals surface area contributed by atoms with E-state index in [0.29, 0.717) is 5.82 Å². The van der Waals surface area contributed by atoms with E-state index in [4.69, 9.17) is 5.53 Å². The molecule has 0 spiro atoms. The second-order valence-electron chi connectivity index (χ2n) is 2.72. The number of aryl methyl sites for hydroxylation is 1. The van der Waals surface area contributed by atoms with Crippen LogP contribution in [-0.2, 0) is 0 Å². The summed E-state index contributed by atoms with van der Waals surface area (Å²) in [6.07, 6.45) is 3.50. The molecule has 2 aromatic heterocycles. The van der Waals surface area contributed by atoms with Crippen LogP contribution in [-0.4, -0.2) is 9.97 Å². The number of hydrogen-bond donors (Lipinski definition) is 1. The van der Waals surface area contributed by atoms with Gasteiger partial charge in [-0.15, -0.1) is 0 Å². The van der Waals surface area contributed by atoms with Crippen LogP contribution in [0.1, 0.15) is 5.56 Å². The van der Waals surface area contributed by atoms with Crippen molar-refractivity contribution in [2.75, 3.05) is 0 Å². The Bertz CT molecular complexity index is 492. The third-order valence-electron chi connectivity index (χ3n) is 1.92. The van der Waals surface area contributed by atoms with Gasteiger partial charge >= 0.3 is 0 Å². The van der Waals surface area contributed by atoms with E-state index in [9.17, 15) is 0 Å². The molecule has 0 radical (unpaired) electrons. The van der Waals surface area contributed by atoms with Gasteiger partial charge in [0.2, 0.25) is 0 Å². The molecule has 2 heterocycles.